The van der Waals surface area contributed by atoms with E-state index < -0.39 is 11.9 Å². The van der Waals surface area contributed by atoms with Crippen molar-refractivity contribution >= 4 is 24.3 Å². The van der Waals surface area contributed by atoms with E-state index in [1.165, 1.54) is 12.1 Å². The normalized spacial score (nSPS) is 9.45. The lowest BCUT2D eigenvalue weighted by molar-refractivity contribution is 0.0976. The quantitative estimate of drug-likeness (QED) is 0.587. The maximum Gasteiger partial charge on any atom is 0.257 e. The summed E-state index contributed by atoms with van der Waals surface area (Å²) in [5.74, 6) is -1.22. The molecule has 1 amide bonds. The smallest absolute Gasteiger partial charge is 0.257 e. The Morgan fingerprint density at radius 2 is 1.70 bits per heavy atom. The molecule has 104 valence electrons. The van der Waals surface area contributed by atoms with Crippen molar-refractivity contribution in [2.45, 2.75) is 0 Å². The van der Waals surface area contributed by atoms with Crippen LogP contribution in [-0.4, -0.2) is 11.9 Å². The van der Waals surface area contributed by atoms with E-state index in [-0.39, 0.29) is 18.2 Å². The van der Waals surface area contributed by atoms with Crippen LogP contribution in [-0.2, 0) is 0 Å². The second-order valence-electron chi connectivity index (χ2n) is 3.96. The molecular formula is C14H13ClFN3O. The fourth-order valence-corrected chi connectivity index (χ4v) is 1.70. The van der Waals surface area contributed by atoms with E-state index in [0.717, 1.165) is 5.56 Å². The van der Waals surface area contributed by atoms with Gasteiger partial charge >= 0.3 is 0 Å². The molecule has 0 atom stereocenters. The molecule has 2 rings (SSSR count). The number of carbonyl (C=O) groups is 1. The zero-order valence-corrected chi connectivity index (χ0v) is 11.2. The summed E-state index contributed by atoms with van der Waals surface area (Å²) in [6, 6.07) is 12.8. The Bertz CT molecular complexity index is 646. The minimum atomic E-state index is -0.467. The highest BCUT2D eigenvalue weighted by molar-refractivity contribution is 6.04. The van der Waals surface area contributed by atoms with Crippen molar-refractivity contribution in [1.29, 1.82) is 5.41 Å². The SMILES string of the molecule is Cl.N=C(N)NC(=O)c1cccc(-c2cccc(F)c2)c1. The summed E-state index contributed by atoms with van der Waals surface area (Å²) >= 11 is 0. The molecule has 0 aliphatic carbocycles. The fourth-order valence-electron chi connectivity index (χ4n) is 1.70. The topological polar surface area (TPSA) is 79.0 Å². The van der Waals surface area contributed by atoms with E-state index in [0.29, 0.717) is 11.1 Å². The van der Waals surface area contributed by atoms with Gasteiger partial charge in [0.05, 0.1) is 0 Å². The van der Waals surface area contributed by atoms with Gasteiger partial charge in [-0.1, -0.05) is 24.3 Å². The molecule has 0 aliphatic rings. The Hall–Kier alpha value is -2.40. The Balaban J connectivity index is 0.00000200. The summed E-state index contributed by atoms with van der Waals surface area (Å²) in [5.41, 5.74) is 6.86. The van der Waals surface area contributed by atoms with Gasteiger partial charge in [0.25, 0.3) is 5.91 Å². The number of hydrogen-bond acceptors (Lipinski definition) is 2. The van der Waals surface area contributed by atoms with E-state index in [9.17, 15) is 9.18 Å². The van der Waals surface area contributed by atoms with Gasteiger partial charge in [0.2, 0.25) is 0 Å². The van der Waals surface area contributed by atoms with Gasteiger partial charge in [0, 0.05) is 5.56 Å². The molecule has 2 aromatic carbocycles. The maximum absolute atomic E-state index is 13.2. The number of benzene rings is 2. The van der Waals surface area contributed by atoms with E-state index in [4.69, 9.17) is 11.1 Å². The highest BCUT2D eigenvalue weighted by atomic mass is 35.5. The highest BCUT2D eigenvalue weighted by Crippen LogP contribution is 2.21. The van der Waals surface area contributed by atoms with Gasteiger partial charge in [-0.05, 0) is 35.4 Å². The number of carbonyl (C=O) groups excluding carboxylic acids is 1. The van der Waals surface area contributed by atoms with Crippen LogP contribution >= 0.6 is 12.4 Å². The predicted molar refractivity (Wildman–Crippen MR) is 78.5 cm³/mol. The minimum Gasteiger partial charge on any atom is -0.370 e. The fraction of sp³-hybridized carbons (Fsp3) is 0. The first-order valence-electron chi connectivity index (χ1n) is 5.57. The van der Waals surface area contributed by atoms with Crippen LogP contribution in [0.5, 0.6) is 0 Å². The van der Waals surface area contributed by atoms with E-state index >= 15 is 0 Å². The van der Waals surface area contributed by atoms with Crippen LogP contribution in [0.3, 0.4) is 0 Å². The molecule has 0 heterocycles. The molecule has 0 spiro atoms. The average molecular weight is 294 g/mol. The van der Waals surface area contributed by atoms with Gasteiger partial charge in [0.15, 0.2) is 5.96 Å². The van der Waals surface area contributed by atoms with Crippen molar-refractivity contribution in [1.82, 2.24) is 5.32 Å². The number of amides is 1. The molecule has 0 radical (unpaired) electrons. The summed E-state index contributed by atoms with van der Waals surface area (Å²) < 4.78 is 13.2. The largest absolute Gasteiger partial charge is 0.370 e. The number of guanidine groups is 1. The van der Waals surface area contributed by atoms with Gasteiger partial charge in [-0.2, -0.15) is 0 Å². The Morgan fingerprint density at radius 3 is 2.30 bits per heavy atom. The standard InChI is InChI=1S/C14H12FN3O.ClH/c15-12-6-2-4-10(8-12)9-3-1-5-11(7-9)13(19)18-14(16)17;/h1-8H,(H4,16,17,18,19);1H. The summed E-state index contributed by atoms with van der Waals surface area (Å²) in [7, 11) is 0. The number of nitrogens with two attached hydrogens (primary N) is 1. The van der Waals surface area contributed by atoms with Gasteiger partial charge < -0.3 is 5.73 Å². The third-order valence-corrected chi connectivity index (χ3v) is 2.53. The van der Waals surface area contributed by atoms with Crippen LogP contribution in [0, 0.1) is 11.2 Å². The number of hydrogen-bond donors (Lipinski definition) is 3. The first-order chi connectivity index (χ1) is 9.06. The number of halogens is 2. The monoisotopic (exact) mass is 293 g/mol. The predicted octanol–water partition coefficient (Wildman–Crippen LogP) is 2.54. The first kappa shape index (κ1) is 15.7. The number of nitrogens with one attached hydrogen (secondary N) is 2. The molecule has 4 N–H and O–H groups in total. The van der Waals surface area contributed by atoms with Crippen LogP contribution in [0.15, 0.2) is 48.5 Å². The van der Waals surface area contributed by atoms with Gasteiger partial charge in [-0.3, -0.25) is 15.5 Å². The van der Waals surface area contributed by atoms with Crippen LogP contribution in [0.4, 0.5) is 4.39 Å². The highest BCUT2D eigenvalue weighted by Gasteiger charge is 2.07. The zero-order chi connectivity index (χ0) is 13.8. The van der Waals surface area contributed by atoms with Gasteiger partial charge in [-0.25, -0.2) is 4.39 Å². The third kappa shape index (κ3) is 3.80. The molecule has 0 bridgehead atoms. The molecular weight excluding hydrogens is 281 g/mol. The lowest BCUT2D eigenvalue weighted by atomic mass is 10.0. The molecule has 0 aromatic heterocycles. The van der Waals surface area contributed by atoms with Crippen molar-refractivity contribution in [2.24, 2.45) is 5.73 Å². The van der Waals surface area contributed by atoms with Gasteiger partial charge in [0.1, 0.15) is 5.82 Å². The second kappa shape index (κ2) is 6.68. The summed E-state index contributed by atoms with van der Waals surface area (Å²) in [6.45, 7) is 0. The molecule has 20 heavy (non-hydrogen) atoms. The van der Waals surface area contributed by atoms with Crippen molar-refractivity contribution in [3.8, 4) is 11.1 Å². The molecule has 0 saturated carbocycles. The van der Waals surface area contributed by atoms with Crippen LogP contribution < -0.4 is 11.1 Å². The molecule has 2 aromatic rings. The van der Waals surface area contributed by atoms with Crippen molar-refractivity contribution in [3.63, 3.8) is 0 Å². The molecule has 0 fully saturated rings. The zero-order valence-electron chi connectivity index (χ0n) is 10.4. The lowest BCUT2D eigenvalue weighted by Crippen LogP contribution is -2.35. The minimum absolute atomic E-state index is 0. The van der Waals surface area contributed by atoms with Gasteiger partial charge in [-0.15, -0.1) is 12.4 Å². The van der Waals surface area contributed by atoms with Crippen LogP contribution in [0.1, 0.15) is 10.4 Å². The molecule has 0 saturated heterocycles. The first-order valence-corrected chi connectivity index (χ1v) is 5.57. The summed E-state index contributed by atoms with van der Waals surface area (Å²) in [4.78, 5) is 11.7. The van der Waals surface area contributed by atoms with Crippen LogP contribution in [0.25, 0.3) is 11.1 Å². The maximum atomic E-state index is 13.2. The lowest BCUT2D eigenvalue weighted by Gasteiger charge is -2.06. The summed E-state index contributed by atoms with van der Waals surface area (Å²) in [6.07, 6.45) is 0. The third-order valence-electron chi connectivity index (χ3n) is 2.53. The second-order valence-corrected chi connectivity index (χ2v) is 3.96. The average Bonchev–Trinajstić information content (AvgIpc) is 2.38. The van der Waals surface area contributed by atoms with Crippen molar-refractivity contribution in [3.05, 3.63) is 59.9 Å². The molecule has 4 nitrogen and oxygen atoms in total. The Morgan fingerprint density at radius 1 is 1.10 bits per heavy atom. The van der Waals surface area contributed by atoms with Crippen molar-refractivity contribution < 1.29 is 9.18 Å². The Kier molecular flexibility index (Phi) is 5.23. The van der Waals surface area contributed by atoms with E-state index in [1.54, 1.807) is 36.4 Å². The number of rotatable bonds is 2. The molecule has 0 unspecified atom stereocenters. The summed E-state index contributed by atoms with van der Waals surface area (Å²) in [5, 5.41) is 9.21. The Labute approximate surface area is 121 Å². The van der Waals surface area contributed by atoms with Crippen LogP contribution in [0.2, 0.25) is 0 Å². The molecule has 0 aliphatic heterocycles. The van der Waals surface area contributed by atoms with Crippen molar-refractivity contribution in [2.75, 3.05) is 0 Å². The molecule has 6 heteroatoms. The van der Waals surface area contributed by atoms with E-state index in [2.05, 4.69) is 5.32 Å². The van der Waals surface area contributed by atoms with E-state index in [1.807, 2.05) is 0 Å².